The molecule has 2 atom stereocenters. The van der Waals surface area contributed by atoms with Gasteiger partial charge < -0.3 is 19.6 Å². The van der Waals surface area contributed by atoms with Gasteiger partial charge in [0.15, 0.2) is 0 Å². The summed E-state index contributed by atoms with van der Waals surface area (Å²) in [7, 11) is 2.02. The Balaban J connectivity index is 1.87. The van der Waals surface area contributed by atoms with Gasteiger partial charge in [-0.2, -0.15) is 0 Å². The number of fused-ring (bicyclic) bond motifs is 1. The highest BCUT2D eigenvalue weighted by Crippen LogP contribution is 2.40. The molecule has 1 saturated heterocycles. The van der Waals surface area contributed by atoms with E-state index in [1.165, 1.54) is 0 Å². The highest BCUT2D eigenvalue weighted by atomic mass is 16.5. The Morgan fingerprint density at radius 2 is 2.20 bits per heavy atom. The van der Waals surface area contributed by atoms with Gasteiger partial charge in [0.2, 0.25) is 5.91 Å². The lowest BCUT2D eigenvalue weighted by Gasteiger charge is -2.30. The van der Waals surface area contributed by atoms with E-state index in [2.05, 4.69) is 18.7 Å². The van der Waals surface area contributed by atoms with Gasteiger partial charge in [0.25, 0.3) is 0 Å². The molecule has 6 nitrogen and oxygen atoms in total. The van der Waals surface area contributed by atoms with Crippen molar-refractivity contribution < 1.29 is 19.4 Å². The summed E-state index contributed by atoms with van der Waals surface area (Å²) in [5.74, 6) is -0.815. The fourth-order valence-corrected chi connectivity index (χ4v) is 3.60. The summed E-state index contributed by atoms with van der Waals surface area (Å²) >= 11 is 0. The number of rotatable bonds is 6. The van der Waals surface area contributed by atoms with Gasteiger partial charge in [0.1, 0.15) is 5.75 Å². The van der Waals surface area contributed by atoms with Crippen molar-refractivity contribution in [3.63, 3.8) is 0 Å². The minimum atomic E-state index is -0.908. The second kappa shape index (κ2) is 7.04. The van der Waals surface area contributed by atoms with Crippen molar-refractivity contribution in [3.8, 4) is 5.75 Å². The number of carbonyl (C=O) groups is 2. The van der Waals surface area contributed by atoms with E-state index in [1.54, 1.807) is 4.90 Å². The van der Waals surface area contributed by atoms with E-state index in [4.69, 9.17) is 4.74 Å². The summed E-state index contributed by atoms with van der Waals surface area (Å²) in [5.41, 5.74) is 2.00. The van der Waals surface area contributed by atoms with Crippen LogP contribution in [0.15, 0.2) is 18.2 Å². The molecule has 2 aliphatic rings. The van der Waals surface area contributed by atoms with Crippen LogP contribution in [0.5, 0.6) is 5.75 Å². The number of ether oxygens (including phenoxy) is 1. The number of carbonyl (C=O) groups excluding carboxylic acids is 1. The summed E-state index contributed by atoms with van der Waals surface area (Å²) in [6.45, 7) is 6.12. The number of carboxylic acids is 1. The molecule has 0 bridgehead atoms. The molecule has 6 heteroatoms. The predicted molar refractivity (Wildman–Crippen MR) is 93.6 cm³/mol. The molecular formula is C19H26N2O4. The van der Waals surface area contributed by atoms with Crippen LogP contribution in [0, 0.1) is 5.92 Å². The fourth-order valence-electron chi connectivity index (χ4n) is 3.60. The predicted octanol–water partition coefficient (Wildman–Crippen LogP) is 1.94. The molecule has 1 aromatic rings. The number of benzene rings is 1. The normalized spacial score (nSPS) is 22.6. The average Bonchev–Trinajstić information content (AvgIpc) is 3.15. The first kappa shape index (κ1) is 17.7. The van der Waals surface area contributed by atoms with Crippen LogP contribution in [0.2, 0.25) is 0 Å². The van der Waals surface area contributed by atoms with Gasteiger partial charge >= 0.3 is 5.97 Å². The van der Waals surface area contributed by atoms with Crippen LogP contribution in [-0.2, 0) is 16.0 Å². The van der Waals surface area contributed by atoms with E-state index >= 15 is 0 Å². The maximum absolute atomic E-state index is 12.5. The van der Waals surface area contributed by atoms with E-state index in [-0.39, 0.29) is 12.3 Å². The van der Waals surface area contributed by atoms with Gasteiger partial charge in [-0.15, -0.1) is 0 Å². The largest absolute Gasteiger partial charge is 0.493 e. The van der Waals surface area contributed by atoms with E-state index in [0.29, 0.717) is 19.2 Å². The van der Waals surface area contributed by atoms with Crippen molar-refractivity contribution >= 4 is 11.9 Å². The molecule has 25 heavy (non-hydrogen) atoms. The van der Waals surface area contributed by atoms with Crippen molar-refractivity contribution in [2.24, 2.45) is 5.92 Å². The van der Waals surface area contributed by atoms with Crippen LogP contribution < -0.4 is 4.74 Å². The summed E-state index contributed by atoms with van der Waals surface area (Å²) in [6.07, 6.45) is 0.899. The van der Waals surface area contributed by atoms with Crippen LogP contribution >= 0.6 is 0 Å². The number of aliphatic carboxylic acids is 1. The van der Waals surface area contributed by atoms with E-state index in [1.807, 2.05) is 25.2 Å². The number of carboxylic acid groups (broad SMARTS) is 1. The third-order valence-electron chi connectivity index (χ3n) is 5.38. The fraction of sp³-hybridized carbons (Fsp3) is 0.579. The lowest BCUT2D eigenvalue weighted by Crippen LogP contribution is -2.39. The zero-order chi connectivity index (χ0) is 18.1. The molecule has 0 aromatic heterocycles. The van der Waals surface area contributed by atoms with Crippen LogP contribution in [0.1, 0.15) is 37.4 Å². The van der Waals surface area contributed by atoms with Gasteiger partial charge in [-0.05, 0) is 44.2 Å². The van der Waals surface area contributed by atoms with Crippen LogP contribution in [0.3, 0.4) is 0 Å². The first-order chi connectivity index (χ1) is 11.9. The van der Waals surface area contributed by atoms with Crippen LogP contribution in [-0.4, -0.2) is 59.6 Å². The van der Waals surface area contributed by atoms with Crippen LogP contribution in [0.4, 0.5) is 0 Å². The van der Waals surface area contributed by atoms with Gasteiger partial charge in [-0.25, -0.2) is 0 Å². The Morgan fingerprint density at radius 3 is 2.88 bits per heavy atom. The minimum Gasteiger partial charge on any atom is -0.493 e. The molecule has 1 aromatic carbocycles. The maximum Gasteiger partial charge on any atom is 0.309 e. The Morgan fingerprint density at radius 1 is 1.44 bits per heavy atom. The lowest BCUT2D eigenvalue weighted by molar-refractivity contribution is -0.142. The van der Waals surface area contributed by atoms with Gasteiger partial charge in [0, 0.05) is 32.0 Å². The summed E-state index contributed by atoms with van der Waals surface area (Å²) in [5, 5.41) is 9.63. The van der Waals surface area contributed by atoms with Crippen molar-refractivity contribution in [2.45, 2.75) is 38.8 Å². The summed E-state index contributed by atoms with van der Waals surface area (Å²) in [6, 6.07) is 5.79. The molecule has 0 saturated carbocycles. The topological polar surface area (TPSA) is 70.1 Å². The van der Waals surface area contributed by atoms with Crippen molar-refractivity contribution in [1.29, 1.82) is 0 Å². The van der Waals surface area contributed by atoms with Crippen molar-refractivity contribution in [1.82, 2.24) is 9.80 Å². The first-order valence-corrected chi connectivity index (χ1v) is 8.86. The monoisotopic (exact) mass is 346 g/mol. The smallest absolute Gasteiger partial charge is 0.309 e. The Kier molecular flexibility index (Phi) is 4.99. The SMILES string of the molecule is CC(C)N(C)CCN1C(=O)CC(C(=O)O)C1c1ccc2c(c1)CCO2. The maximum atomic E-state index is 12.5. The number of hydrogen-bond acceptors (Lipinski definition) is 4. The zero-order valence-corrected chi connectivity index (χ0v) is 15.1. The number of likely N-dealkylation sites (tertiary alicyclic amines) is 1. The van der Waals surface area contributed by atoms with Gasteiger partial charge in [-0.1, -0.05) is 6.07 Å². The summed E-state index contributed by atoms with van der Waals surface area (Å²) < 4.78 is 5.54. The molecule has 2 heterocycles. The number of nitrogens with zero attached hydrogens (tertiary/aromatic N) is 2. The number of amides is 1. The number of hydrogen-bond donors (Lipinski definition) is 1. The molecule has 3 rings (SSSR count). The molecule has 2 aliphatic heterocycles. The molecule has 1 N–H and O–H groups in total. The molecule has 0 aliphatic carbocycles. The van der Waals surface area contributed by atoms with E-state index < -0.39 is 17.9 Å². The molecule has 1 amide bonds. The minimum absolute atomic E-state index is 0.0684. The lowest BCUT2D eigenvalue weighted by atomic mass is 9.92. The highest BCUT2D eigenvalue weighted by Gasteiger charge is 2.44. The third kappa shape index (κ3) is 3.49. The quantitative estimate of drug-likeness (QED) is 0.852. The molecule has 0 spiro atoms. The Bertz CT molecular complexity index is 673. The third-order valence-corrected chi connectivity index (χ3v) is 5.38. The van der Waals surface area contributed by atoms with E-state index in [9.17, 15) is 14.7 Å². The second-order valence-electron chi connectivity index (χ2n) is 7.22. The average molecular weight is 346 g/mol. The molecule has 2 unspecified atom stereocenters. The highest BCUT2D eigenvalue weighted by molar-refractivity contribution is 5.87. The van der Waals surface area contributed by atoms with Gasteiger partial charge in [-0.3, -0.25) is 9.59 Å². The van der Waals surface area contributed by atoms with Gasteiger partial charge in [0.05, 0.1) is 18.6 Å². The number of likely N-dealkylation sites (N-methyl/N-ethyl adjacent to an activating group) is 1. The zero-order valence-electron chi connectivity index (χ0n) is 15.1. The molecular weight excluding hydrogens is 320 g/mol. The van der Waals surface area contributed by atoms with Crippen molar-refractivity contribution in [3.05, 3.63) is 29.3 Å². The first-order valence-electron chi connectivity index (χ1n) is 8.86. The van der Waals surface area contributed by atoms with Crippen molar-refractivity contribution in [2.75, 3.05) is 26.7 Å². The second-order valence-corrected chi connectivity index (χ2v) is 7.22. The Labute approximate surface area is 148 Å². The van der Waals surface area contributed by atoms with E-state index in [0.717, 1.165) is 29.8 Å². The standard InChI is InChI=1S/C19H26N2O4/c1-12(2)20(3)7-8-21-17(22)11-15(19(23)24)18(21)14-4-5-16-13(10-14)6-9-25-16/h4-5,10,12,15,18H,6-9,11H2,1-3H3,(H,23,24). The Hall–Kier alpha value is -2.08. The van der Waals surface area contributed by atoms with Crippen LogP contribution in [0.25, 0.3) is 0 Å². The summed E-state index contributed by atoms with van der Waals surface area (Å²) in [4.78, 5) is 28.2. The molecule has 0 radical (unpaired) electrons. The molecule has 1 fully saturated rings. The molecule has 136 valence electrons.